The molecule has 5 rings (SSSR count). The number of methoxy groups -OCH3 is 1. The van der Waals surface area contributed by atoms with E-state index in [-0.39, 0.29) is 24.7 Å². The number of hydrogen-bond donors (Lipinski definition) is 1. The summed E-state index contributed by atoms with van der Waals surface area (Å²) in [5, 5.41) is 6.79. The van der Waals surface area contributed by atoms with Crippen LogP contribution < -0.4 is 5.32 Å². The van der Waals surface area contributed by atoms with E-state index in [4.69, 9.17) is 9.47 Å². The highest BCUT2D eigenvalue weighted by atomic mass is 19.1. The van der Waals surface area contributed by atoms with E-state index >= 15 is 0 Å². The Kier molecular flexibility index (Phi) is 8.22. The van der Waals surface area contributed by atoms with E-state index in [1.165, 1.54) is 24.3 Å². The van der Waals surface area contributed by atoms with Crippen LogP contribution in [0.25, 0.3) is 11.0 Å². The molecule has 43 heavy (non-hydrogen) atoms. The largest absolute Gasteiger partial charge is 0.465 e. The molecule has 3 aromatic rings. The monoisotopic (exact) mass is 593 g/mol. The lowest BCUT2D eigenvalue weighted by atomic mass is 9.68. The number of esters is 1. The first-order valence-corrected chi connectivity index (χ1v) is 14.4. The van der Waals surface area contributed by atoms with Crippen molar-refractivity contribution >= 4 is 40.7 Å². The predicted octanol–water partition coefficient (Wildman–Crippen LogP) is 4.78. The molecule has 1 saturated heterocycles. The molecule has 1 aliphatic heterocycles. The smallest absolute Gasteiger partial charge is 0.435 e. The first-order valence-electron chi connectivity index (χ1n) is 14.4. The van der Waals surface area contributed by atoms with Gasteiger partial charge in [0, 0.05) is 6.42 Å². The molecule has 2 atom stereocenters. The average molecular weight is 594 g/mol. The van der Waals surface area contributed by atoms with Crippen molar-refractivity contribution in [3.8, 4) is 0 Å². The van der Waals surface area contributed by atoms with Gasteiger partial charge in [0.05, 0.1) is 36.3 Å². The number of amides is 2. The third-order valence-electron chi connectivity index (χ3n) is 8.03. The van der Waals surface area contributed by atoms with Crippen molar-refractivity contribution in [1.29, 1.82) is 0 Å². The molecule has 2 aliphatic rings. The number of carbonyl (C=O) groups is 4. The number of aromatic nitrogens is 3. The van der Waals surface area contributed by atoms with E-state index in [1.54, 1.807) is 51.1 Å². The molecule has 2 amide bonds. The SMILES string of the molecule is COC(=O)c1ccc(C2(C(=O)N3C[C@H](F)C[C@@H]3C(=O)Nc3ccc4c(cnn4C(=O)OC(C)(C)C)n3)CCCCC2)cc1. The van der Waals surface area contributed by atoms with Gasteiger partial charge in [-0.3, -0.25) is 9.59 Å². The maximum atomic E-state index is 14.9. The predicted molar refractivity (Wildman–Crippen MR) is 155 cm³/mol. The molecule has 11 nitrogen and oxygen atoms in total. The van der Waals surface area contributed by atoms with Crippen LogP contribution in [0.2, 0.25) is 0 Å². The number of likely N-dealkylation sites (tertiary alicyclic amines) is 1. The van der Waals surface area contributed by atoms with Crippen LogP contribution in [0.1, 0.15) is 75.2 Å². The Hall–Kier alpha value is -4.35. The minimum Gasteiger partial charge on any atom is -0.465 e. The fraction of sp³-hybridized carbons (Fsp3) is 0.484. The number of alkyl halides is 1. The van der Waals surface area contributed by atoms with Crippen LogP contribution in [0.5, 0.6) is 0 Å². The molecule has 0 radical (unpaired) electrons. The number of fused-ring (bicyclic) bond motifs is 1. The number of pyridine rings is 1. The average Bonchev–Trinajstić information content (AvgIpc) is 3.59. The Morgan fingerprint density at radius 1 is 1.02 bits per heavy atom. The van der Waals surface area contributed by atoms with Gasteiger partial charge < -0.3 is 19.7 Å². The molecule has 228 valence electrons. The molecule has 0 unspecified atom stereocenters. The summed E-state index contributed by atoms with van der Waals surface area (Å²) in [5.41, 5.74) is 0.212. The maximum absolute atomic E-state index is 14.9. The molecule has 0 bridgehead atoms. The van der Waals surface area contributed by atoms with Crippen molar-refractivity contribution in [3.63, 3.8) is 0 Å². The first-order chi connectivity index (χ1) is 20.4. The summed E-state index contributed by atoms with van der Waals surface area (Å²) in [6, 6.07) is 8.83. The Morgan fingerprint density at radius 2 is 1.72 bits per heavy atom. The van der Waals surface area contributed by atoms with Crippen molar-refractivity contribution in [3.05, 3.63) is 53.7 Å². The highest BCUT2D eigenvalue weighted by molar-refractivity contribution is 6.00. The highest BCUT2D eigenvalue weighted by Crippen LogP contribution is 2.43. The lowest BCUT2D eigenvalue weighted by Gasteiger charge is -2.40. The third-order valence-corrected chi connectivity index (χ3v) is 8.03. The minimum atomic E-state index is -1.36. The number of hydrogen-bond acceptors (Lipinski definition) is 8. The summed E-state index contributed by atoms with van der Waals surface area (Å²) < 4.78 is 26.1. The van der Waals surface area contributed by atoms with Crippen molar-refractivity contribution < 1.29 is 33.0 Å². The fourth-order valence-corrected chi connectivity index (χ4v) is 6.00. The van der Waals surface area contributed by atoms with E-state index in [0.717, 1.165) is 29.5 Å². The van der Waals surface area contributed by atoms with Crippen LogP contribution in [0.3, 0.4) is 0 Å². The fourth-order valence-electron chi connectivity index (χ4n) is 6.00. The number of nitrogens with one attached hydrogen (secondary N) is 1. The van der Waals surface area contributed by atoms with Gasteiger partial charge in [0.25, 0.3) is 0 Å². The van der Waals surface area contributed by atoms with Crippen LogP contribution in [-0.4, -0.2) is 75.0 Å². The molecule has 1 aromatic carbocycles. The molecule has 2 aromatic heterocycles. The van der Waals surface area contributed by atoms with Crippen molar-refractivity contribution in [2.24, 2.45) is 0 Å². The number of halogens is 1. The number of carbonyl (C=O) groups excluding carboxylic acids is 4. The van der Waals surface area contributed by atoms with Gasteiger partial charge in [-0.15, -0.1) is 0 Å². The van der Waals surface area contributed by atoms with Gasteiger partial charge in [-0.25, -0.2) is 19.0 Å². The summed E-state index contributed by atoms with van der Waals surface area (Å²) in [7, 11) is 1.30. The second-order valence-corrected chi connectivity index (χ2v) is 12.1. The zero-order valence-corrected chi connectivity index (χ0v) is 24.8. The molecular formula is C31H36FN5O6. The summed E-state index contributed by atoms with van der Waals surface area (Å²) in [4.78, 5) is 58.0. The quantitative estimate of drug-likeness (QED) is 0.418. The van der Waals surface area contributed by atoms with E-state index in [0.29, 0.717) is 29.4 Å². The summed E-state index contributed by atoms with van der Waals surface area (Å²) in [5.74, 6) is -1.13. The summed E-state index contributed by atoms with van der Waals surface area (Å²) in [6.07, 6.45) is 2.96. The second-order valence-electron chi connectivity index (χ2n) is 12.1. The highest BCUT2D eigenvalue weighted by Gasteiger charge is 2.49. The van der Waals surface area contributed by atoms with E-state index < -0.39 is 41.2 Å². The Morgan fingerprint density at radius 3 is 2.37 bits per heavy atom. The van der Waals surface area contributed by atoms with Crippen LogP contribution in [0.4, 0.5) is 15.0 Å². The first kappa shape index (κ1) is 30.1. The van der Waals surface area contributed by atoms with Gasteiger partial charge in [0.15, 0.2) is 0 Å². The normalized spacial score (nSPS) is 20.1. The van der Waals surface area contributed by atoms with E-state index in [2.05, 4.69) is 15.4 Å². The number of nitrogens with zero attached hydrogens (tertiary/aromatic N) is 4. The summed E-state index contributed by atoms with van der Waals surface area (Å²) in [6.45, 7) is 5.06. The molecule has 12 heteroatoms. The zero-order chi connectivity index (χ0) is 30.9. The maximum Gasteiger partial charge on any atom is 0.435 e. The molecule has 0 spiro atoms. The van der Waals surface area contributed by atoms with Gasteiger partial charge >= 0.3 is 12.1 Å². The van der Waals surface area contributed by atoms with Crippen molar-refractivity contribution in [1.82, 2.24) is 19.7 Å². The Balaban J connectivity index is 1.37. The van der Waals surface area contributed by atoms with Gasteiger partial charge in [-0.05, 0) is 63.4 Å². The second kappa shape index (κ2) is 11.7. The molecule has 1 aliphatic carbocycles. The number of rotatable bonds is 5. The number of benzene rings is 1. The molecular weight excluding hydrogens is 557 g/mol. The Bertz CT molecular complexity index is 1540. The van der Waals surface area contributed by atoms with E-state index in [1.807, 2.05) is 0 Å². The van der Waals surface area contributed by atoms with Crippen LogP contribution in [-0.2, 0) is 24.5 Å². The number of ether oxygens (including phenoxy) is 2. The van der Waals surface area contributed by atoms with Crippen LogP contribution in [0, 0.1) is 0 Å². The zero-order valence-electron chi connectivity index (χ0n) is 24.8. The topological polar surface area (TPSA) is 133 Å². The van der Waals surface area contributed by atoms with Gasteiger partial charge in [0.1, 0.15) is 29.1 Å². The third kappa shape index (κ3) is 6.09. The van der Waals surface area contributed by atoms with Crippen LogP contribution in [0.15, 0.2) is 42.6 Å². The lowest BCUT2D eigenvalue weighted by molar-refractivity contribution is -0.143. The minimum absolute atomic E-state index is 0.131. The van der Waals surface area contributed by atoms with E-state index in [9.17, 15) is 23.6 Å². The number of anilines is 1. The molecule has 3 heterocycles. The van der Waals surface area contributed by atoms with Crippen LogP contribution >= 0.6 is 0 Å². The lowest BCUT2D eigenvalue weighted by Crippen LogP contribution is -2.52. The molecule has 1 N–H and O–H groups in total. The van der Waals surface area contributed by atoms with Crippen molar-refractivity contribution in [2.75, 3.05) is 19.0 Å². The standard InChI is InChI=1S/C31H36FN5O6/c1-30(2,3)43-29(41)37-23-12-13-25(34-22(23)17-33-37)35-26(38)24-16-21(32)18-36(24)28(40)31(14-6-5-7-15-31)20-10-8-19(9-11-20)27(39)42-4/h8-13,17,21,24H,5-7,14-16,18H2,1-4H3,(H,34,35,38)/t21-,24-/m1/s1. The Labute approximate surface area is 248 Å². The van der Waals surface area contributed by atoms with Gasteiger partial charge in [0.2, 0.25) is 11.8 Å². The molecule has 1 saturated carbocycles. The van der Waals surface area contributed by atoms with Gasteiger partial charge in [-0.2, -0.15) is 9.78 Å². The summed E-state index contributed by atoms with van der Waals surface area (Å²) >= 11 is 0. The van der Waals surface area contributed by atoms with Gasteiger partial charge in [-0.1, -0.05) is 31.4 Å². The van der Waals surface area contributed by atoms with Crippen molar-refractivity contribution in [2.45, 2.75) is 82.5 Å². The molecule has 2 fully saturated rings.